The summed E-state index contributed by atoms with van der Waals surface area (Å²) >= 11 is 0. The minimum absolute atomic E-state index is 0.0200. The lowest BCUT2D eigenvalue weighted by molar-refractivity contribution is -0.127. The molecule has 0 spiro atoms. The second-order valence-corrected chi connectivity index (χ2v) is 4.86. The fourth-order valence-electron chi connectivity index (χ4n) is 1.88. The Labute approximate surface area is 120 Å². The van der Waals surface area contributed by atoms with Crippen LogP contribution in [0.3, 0.4) is 0 Å². The molecule has 112 valence electrons. The molecule has 1 heterocycles. The minimum Gasteiger partial charge on any atom is -0.409 e. The van der Waals surface area contributed by atoms with Crippen LogP contribution in [0.4, 0.5) is 4.79 Å². The third kappa shape index (κ3) is 4.01. The maximum Gasteiger partial charge on any atom is 0.414 e. The first-order valence-electron chi connectivity index (χ1n) is 6.70. The molecule has 1 aliphatic heterocycles. The third-order valence-corrected chi connectivity index (χ3v) is 2.98. The molecule has 0 N–H and O–H groups in total. The van der Waals surface area contributed by atoms with E-state index in [-0.39, 0.29) is 5.91 Å². The van der Waals surface area contributed by atoms with Gasteiger partial charge >= 0.3 is 6.09 Å². The zero-order valence-electron chi connectivity index (χ0n) is 12.8. The van der Waals surface area contributed by atoms with E-state index in [0.29, 0.717) is 31.0 Å². The van der Waals surface area contributed by atoms with Gasteiger partial charge in [0.25, 0.3) is 5.91 Å². The van der Waals surface area contributed by atoms with Crippen molar-refractivity contribution in [1.29, 1.82) is 0 Å². The molecule has 0 atom stereocenters. The molecule has 0 fully saturated rings. The van der Waals surface area contributed by atoms with Gasteiger partial charge in [-0.3, -0.25) is 4.79 Å². The average molecular weight is 281 g/mol. The Morgan fingerprint density at radius 3 is 2.40 bits per heavy atom. The van der Waals surface area contributed by atoms with Crippen molar-refractivity contribution in [3.63, 3.8) is 0 Å². The molecule has 1 rings (SSSR count). The van der Waals surface area contributed by atoms with E-state index in [1.54, 1.807) is 31.3 Å². The van der Waals surface area contributed by atoms with Gasteiger partial charge < -0.3 is 19.4 Å². The fraction of sp³-hybridized carbons (Fsp3) is 0.571. The molecular formula is C14H23N3O3. The Bertz CT molecular complexity index is 437. The monoisotopic (exact) mass is 281 g/mol. The molecule has 2 amide bonds. The number of ether oxygens (including phenoxy) is 1. The highest BCUT2D eigenvalue weighted by Gasteiger charge is 2.21. The van der Waals surface area contributed by atoms with Crippen LogP contribution in [0.25, 0.3) is 0 Å². The van der Waals surface area contributed by atoms with Crippen LogP contribution >= 0.6 is 0 Å². The van der Waals surface area contributed by atoms with Crippen molar-refractivity contribution >= 4 is 12.0 Å². The number of likely N-dealkylation sites (N-methyl/N-ethyl adjacent to an activating group) is 2. The maximum absolute atomic E-state index is 12.3. The van der Waals surface area contributed by atoms with Crippen molar-refractivity contribution in [1.82, 2.24) is 14.7 Å². The summed E-state index contributed by atoms with van der Waals surface area (Å²) in [5, 5.41) is 0. The van der Waals surface area contributed by atoms with Gasteiger partial charge in [0.2, 0.25) is 0 Å². The highest BCUT2D eigenvalue weighted by Crippen LogP contribution is 2.16. The second kappa shape index (κ2) is 6.98. The number of carbonyl (C=O) groups excluding carboxylic acids is 2. The second-order valence-electron chi connectivity index (χ2n) is 4.86. The minimum atomic E-state index is -0.461. The molecule has 1 aliphatic rings. The molecule has 6 heteroatoms. The summed E-state index contributed by atoms with van der Waals surface area (Å²) in [6, 6.07) is 0. The summed E-state index contributed by atoms with van der Waals surface area (Å²) in [6.45, 7) is 5.72. The third-order valence-electron chi connectivity index (χ3n) is 2.98. The SMILES string of the molecule is CCN(CC)C(=O)C1=CC(OC(=O)N(C)C)=CN(C)C1. The summed E-state index contributed by atoms with van der Waals surface area (Å²) in [5.74, 6) is 0.362. The Morgan fingerprint density at radius 2 is 1.90 bits per heavy atom. The Kier molecular flexibility index (Phi) is 5.61. The predicted molar refractivity (Wildman–Crippen MR) is 76.9 cm³/mol. The maximum atomic E-state index is 12.3. The summed E-state index contributed by atoms with van der Waals surface area (Å²) in [5.41, 5.74) is 0.625. The van der Waals surface area contributed by atoms with Gasteiger partial charge in [-0.25, -0.2) is 4.79 Å². The van der Waals surface area contributed by atoms with Gasteiger partial charge in [0.05, 0.1) is 0 Å². The molecular weight excluding hydrogens is 258 g/mol. The summed E-state index contributed by atoms with van der Waals surface area (Å²) in [7, 11) is 5.06. The highest BCUT2D eigenvalue weighted by atomic mass is 16.6. The highest BCUT2D eigenvalue weighted by molar-refractivity contribution is 5.94. The molecule has 0 aromatic rings. The average Bonchev–Trinajstić information content (AvgIpc) is 2.39. The van der Waals surface area contributed by atoms with Gasteiger partial charge in [0, 0.05) is 52.6 Å². The summed E-state index contributed by atoms with van der Waals surface area (Å²) in [6.07, 6.45) is 2.89. The molecule has 0 saturated carbocycles. The lowest BCUT2D eigenvalue weighted by Gasteiger charge is -2.26. The van der Waals surface area contributed by atoms with Gasteiger partial charge in [-0.1, -0.05) is 0 Å². The lowest BCUT2D eigenvalue weighted by atomic mass is 10.1. The van der Waals surface area contributed by atoms with Gasteiger partial charge in [0.15, 0.2) is 0 Å². The van der Waals surface area contributed by atoms with Crippen LogP contribution in [0.2, 0.25) is 0 Å². The molecule has 6 nitrogen and oxygen atoms in total. The van der Waals surface area contributed by atoms with Gasteiger partial charge in [0.1, 0.15) is 5.76 Å². The van der Waals surface area contributed by atoms with E-state index in [0.717, 1.165) is 0 Å². The summed E-state index contributed by atoms with van der Waals surface area (Å²) < 4.78 is 5.21. The fourth-order valence-corrected chi connectivity index (χ4v) is 1.88. The zero-order valence-corrected chi connectivity index (χ0v) is 12.8. The number of rotatable bonds is 4. The van der Waals surface area contributed by atoms with Crippen molar-refractivity contribution in [2.45, 2.75) is 13.8 Å². The molecule has 0 aliphatic carbocycles. The first kappa shape index (κ1) is 16.1. The van der Waals surface area contributed by atoms with Gasteiger partial charge in [-0.15, -0.1) is 0 Å². The predicted octanol–water partition coefficient (Wildman–Crippen LogP) is 1.27. The summed E-state index contributed by atoms with van der Waals surface area (Å²) in [4.78, 5) is 28.8. The molecule has 0 unspecified atom stereocenters. The normalized spacial score (nSPS) is 14.3. The number of nitrogens with zero attached hydrogens (tertiary/aromatic N) is 3. The van der Waals surface area contributed by atoms with Crippen molar-refractivity contribution in [3.8, 4) is 0 Å². The Hall–Kier alpha value is -1.98. The first-order valence-corrected chi connectivity index (χ1v) is 6.70. The number of carbonyl (C=O) groups is 2. The molecule has 0 radical (unpaired) electrons. The molecule has 0 bridgehead atoms. The molecule has 20 heavy (non-hydrogen) atoms. The van der Waals surface area contributed by atoms with Crippen LogP contribution in [-0.4, -0.2) is 67.5 Å². The molecule has 0 aromatic carbocycles. The number of allylic oxidation sites excluding steroid dienone is 1. The van der Waals surface area contributed by atoms with Crippen LogP contribution in [0, 0.1) is 0 Å². The molecule has 0 saturated heterocycles. The number of hydrogen-bond donors (Lipinski definition) is 0. The van der Waals surface area contributed by atoms with E-state index in [4.69, 9.17) is 4.74 Å². The molecule has 0 aromatic heterocycles. The van der Waals surface area contributed by atoms with Crippen molar-refractivity contribution in [2.75, 3.05) is 40.8 Å². The number of amides is 2. The number of hydrogen-bond acceptors (Lipinski definition) is 4. The Morgan fingerprint density at radius 1 is 1.30 bits per heavy atom. The topological polar surface area (TPSA) is 53.1 Å². The van der Waals surface area contributed by atoms with Crippen LogP contribution < -0.4 is 0 Å². The van der Waals surface area contributed by atoms with E-state index in [1.165, 1.54) is 4.90 Å². The van der Waals surface area contributed by atoms with E-state index >= 15 is 0 Å². The van der Waals surface area contributed by atoms with Crippen molar-refractivity contribution in [3.05, 3.63) is 23.6 Å². The van der Waals surface area contributed by atoms with Crippen LogP contribution in [-0.2, 0) is 9.53 Å². The van der Waals surface area contributed by atoms with Crippen LogP contribution in [0.1, 0.15) is 13.8 Å². The lowest BCUT2D eigenvalue weighted by Crippen LogP contribution is -2.36. The largest absolute Gasteiger partial charge is 0.414 e. The standard InChI is InChI=1S/C14H23N3O3/c1-6-17(7-2)13(18)11-8-12(10-16(5)9-11)20-14(19)15(3)4/h8,10H,6-7,9H2,1-5H3. The van der Waals surface area contributed by atoms with Gasteiger partial charge in [-0.05, 0) is 19.9 Å². The van der Waals surface area contributed by atoms with E-state index in [1.807, 2.05) is 25.8 Å². The zero-order chi connectivity index (χ0) is 15.3. The quantitative estimate of drug-likeness (QED) is 0.778. The van der Waals surface area contributed by atoms with Gasteiger partial charge in [-0.2, -0.15) is 0 Å². The van der Waals surface area contributed by atoms with Crippen LogP contribution in [0.5, 0.6) is 0 Å². The van der Waals surface area contributed by atoms with Crippen LogP contribution in [0.15, 0.2) is 23.6 Å². The Balaban J connectivity index is 2.88. The van der Waals surface area contributed by atoms with Crippen molar-refractivity contribution in [2.24, 2.45) is 0 Å². The van der Waals surface area contributed by atoms with E-state index < -0.39 is 6.09 Å². The first-order chi connectivity index (χ1) is 9.38. The van der Waals surface area contributed by atoms with E-state index in [9.17, 15) is 9.59 Å². The van der Waals surface area contributed by atoms with E-state index in [2.05, 4.69) is 0 Å². The van der Waals surface area contributed by atoms with Crippen molar-refractivity contribution < 1.29 is 14.3 Å². The smallest absolute Gasteiger partial charge is 0.409 e.